The van der Waals surface area contributed by atoms with Crippen molar-refractivity contribution in [1.29, 1.82) is 0 Å². The summed E-state index contributed by atoms with van der Waals surface area (Å²) in [6.07, 6.45) is 0. The van der Waals surface area contributed by atoms with Crippen LogP contribution in [0.15, 0.2) is 27.4 Å². The van der Waals surface area contributed by atoms with E-state index in [0.29, 0.717) is 22.6 Å². The molecule has 1 N–H and O–H groups in total. The van der Waals surface area contributed by atoms with E-state index in [0.717, 1.165) is 3.79 Å². The first kappa shape index (κ1) is 13.6. The number of fused-ring (bicyclic) bond motifs is 1. The van der Waals surface area contributed by atoms with Crippen molar-refractivity contribution < 1.29 is 14.3 Å². The first-order chi connectivity index (χ1) is 9.54. The number of amides is 1. The second-order valence-electron chi connectivity index (χ2n) is 4.13. The number of carbonyl (C=O) groups excluding carboxylic acids is 2. The Labute approximate surface area is 131 Å². The molecule has 4 nitrogen and oxygen atoms in total. The van der Waals surface area contributed by atoms with Crippen molar-refractivity contribution in [3.63, 3.8) is 0 Å². The van der Waals surface area contributed by atoms with Crippen LogP contribution >= 0.6 is 38.9 Å². The normalized spacial score (nSPS) is 13.4. The molecule has 0 spiro atoms. The third-order valence-corrected chi connectivity index (χ3v) is 4.59. The van der Waals surface area contributed by atoms with Gasteiger partial charge in [-0.15, -0.1) is 11.3 Å². The van der Waals surface area contributed by atoms with Gasteiger partial charge in [0.15, 0.2) is 12.4 Å². The third kappa shape index (κ3) is 2.46. The zero-order valence-corrected chi connectivity index (χ0v) is 13.1. The van der Waals surface area contributed by atoms with E-state index in [1.807, 2.05) is 0 Å². The molecule has 0 unspecified atom stereocenters. The Morgan fingerprint density at radius 1 is 1.40 bits per heavy atom. The van der Waals surface area contributed by atoms with Crippen LogP contribution in [0.1, 0.15) is 15.9 Å². The van der Waals surface area contributed by atoms with Gasteiger partial charge in [0.25, 0.3) is 5.91 Å². The monoisotopic (exact) mass is 371 g/mol. The van der Waals surface area contributed by atoms with Crippen LogP contribution in [0, 0.1) is 0 Å². The summed E-state index contributed by atoms with van der Waals surface area (Å²) >= 11 is 10.9. The number of anilines is 1. The van der Waals surface area contributed by atoms with Crippen molar-refractivity contribution in [1.82, 2.24) is 0 Å². The number of hydrogen-bond donors (Lipinski definition) is 1. The van der Waals surface area contributed by atoms with Gasteiger partial charge in [-0.3, -0.25) is 9.59 Å². The summed E-state index contributed by atoms with van der Waals surface area (Å²) < 4.78 is 6.17. The highest BCUT2D eigenvalue weighted by atomic mass is 79.9. The fourth-order valence-corrected chi connectivity index (χ4v) is 3.24. The standard InChI is InChI=1S/C13H7BrClNO3S/c14-11-1-6(5-20-11)13(18)7-2-10-9(3-8(7)15)16-12(17)4-19-10/h1-3,5H,4H2,(H,16,17). The van der Waals surface area contributed by atoms with Gasteiger partial charge in [0.05, 0.1) is 14.5 Å². The quantitative estimate of drug-likeness (QED) is 0.817. The molecule has 1 aliphatic heterocycles. The second-order valence-corrected chi connectivity index (χ2v) is 6.83. The highest BCUT2D eigenvalue weighted by molar-refractivity contribution is 9.11. The van der Waals surface area contributed by atoms with E-state index in [-0.39, 0.29) is 23.3 Å². The molecule has 0 atom stereocenters. The van der Waals surface area contributed by atoms with Crippen molar-refractivity contribution in [2.24, 2.45) is 0 Å². The Bertz CT molecular complexity index is 728. The third-order valence-electron chi connectivity index (χ3n) is 2.78. The van der Waals surface area contributed by atoms with Crippen LogP contribution in [0.5, 0.6) is 5.75 Å². The van der Waals surface area contributed by atoms with Crippen LogP contribution in [-0.2, 0) is 4.79 Å². The minimum Gasteiger partial charge on any atom is -0.482 e. The number of nitrogens with one attached hydrogen (secondary N) is 1. The predicted molar refractivity (Wildman–Crippen MR) is 81.0 cm³/mol. The Balaban J connectivity index is 2.02. The van der Waals surface area contributed by atoms with Gasteiger partial charge in [-0.05, 0) is 34.1 Å². The maximum Gasteiger partial charge on any atom is 0.262 e. The molecular weight excluding hydrogens is 366 g/mol. The molecule has 0 saturated heterocycles. The van der Waals surface area contributed by atoms with E-state index >= 15 is 0 Å². The van der Waals surface area contributed by atoms with Gasteiger partial charge in [0.2, 0.25) is 0 Å². The average molecular weight is 373 g/mol. The molecule has 2 heterocycles. The van der Waals surface area contributed by atoms with Gasteiger partial charge in [0.1, 0.15) is 5.75 Å². The lowest BCUT2D eigenvalue weighted by atomic mass is 10.0. The summed E-state index contributed by atoms with van der Waals surface area (Å²) in [4.78, 5) is 23.6. The Morgan fingerprint density at radius 2 is 2.20 bits per heavy atom. The van der Waals surface area contributed by atoms with Crippen molar-refractivity contribution in [3.05, 3.63) is 43.5 Å². The maximum absolute atomic E-state index is 12.4. The largest absolute Gasteiger partial charge is 0.482 e. The molecule has 1 amide bonds. The van der Waals surface area contributed by atoms with Gasteiger partial charge in [-0.2, -0.15) is 0 Å². The highest BCUT2D eigenvalue weighted by Gasteiger charge is 2.22. The van der Waals surface area contributed by atoms with Crippen LogP contribution in [-0.4, -0.2) is 18.3 Å². The van der Waals surface area contributed by atoms with Gasteiger partial charge in [-0.25, -0.2) is 0 Å². The lowest BCUT2D eigenvalue weighted by molar-refractivity contribution is -0.118. The lowest BCUT2D eigenvalue weighted by Gasteiger charge is -2.19. The van der Waals surface area contributed by atoms with Crippen molar-refractivity contribution in [2.45, 2.75) is 0 Å². The van der Waals surface area contributed by atoms with E-state index in [1.165, 1.54) is 17.4 Å². The Kier molecular flexibility index (Phi) is 3.54. The van der Waals surface area contributed by atoms with Crippen LogP contribution in [0.25, 0.3) is 0 Å². The summed E-state index contributed by atoms with van der Waals surface area (Å²) in [7, 11) is 0. The van der Waals surface area contributed by atoms with Crippen molar-refractivity contribution >= 4 is 56.2 Å². The minimum absolute atomic E-state index is 0.0632. The van der Waals surface area contributed by atoms with Crippen LogP contribution in [0.3, 0.4) is 0 Å². The smallest absolute Gasteiger partial charge is 0.262 e. The van der Waals surface area contributed by atoms with E-state index < -0.39 is 0 Å². The molecule has 0 saturated carbocycles. The molecule has 0 fully saturated rings. The van der Waals surface area contributed by atoms with Crippen molar-refractivity contribution in [2.75, 3.05) is 11.9 Å². The number of benzene rings is 1. The summed E-state index contributed by atoms with van der Waals surface area (Å²) in [6.45, 7) is -0.0632. The Morgan fingerprint density at radius 3 is 2.90 bits per heavy atom. The number of hydrogen-bond acceptors (Lipinski definition) is 4. The zero-order valence-electron chi connectivity index (χ0n) is 9.91. The molecule has 0 radical (unpaired) electrons. The SMILES string of the molecule is O=C1COc2cc(C(=O)c3csc(Br)c3)c(Cl)cc2N1. The number of halogens is 2. The van der Waals surface area contributed by atoms with Crippen molar-refractivity contribution in [3.8, 4) is 5.75 Å². The van der Waals surface area contributed by atoms with E-state index in [1.54, 1.807) is 17.5 Å². The molecule has 20 heavy (non-hydrogen) atoms. The highest BCUT2D eigenvalue weighted by Crippen LogP contribution is 2.35. The number of thiophene rings is 1. The van der Waals surface area contributed by atoms with Crippen LogP contribution in [0.2, 0.25) is 5.02 Å². The molecule has 2 aromatic rings. The molecular formula is C13H7BrClNO3S. The van der Waals surface area contributed by atoms with Gasteiger partial charge in [0, 0.05) is 16.5 Å². The summed E-state index contributed by atoms with van der Waals surface area (Å²) in [6, 6.07) is 4.83. The number of rotatable bonds is 2. The second kappa shape index (κ2) is 5.20. The van der Waals surface area contributed by atoms with E-state index in [2.05, 4.69) is 21.2 Å². The molecule has 7 heteroatoms. The minimum atomic E-state index is -0.241. The predicted octanol–water partition coefficient (Wildman–Crippen LogP) is 3.73. The van der Waals surface area contributed by atoms with Gasteiger partial charge >= 0.3 is 0 Å². The van der Waals surface area contributed by atoms with Crippen LogP contribution < -0.4 is 10.1 Å². The van der Waals surface area contributed by atoms with Gasteiger partial charge < -0.3 is 10.1 Å². The summed E-state index contributed by atoms with van der Waals surface area (Å²) in [5.74, 6) is 0.0290. The van der Waals surface area contributed by atoms with Gasteiger partial charge in [-0.1, -0.05) is 11.6 Å². The zero-order chi connectivity index (χ0) is 14.3. The van der Waals surface area contributed by atoms with E-state index in [4.69, 9.17) is 16.3 Å². The van der Waals surface area contributed by atoms with Crippen LogP contribution in [0.4, 0.5) is 5.69 Å². The molecule has 0 aliphatic carbocycles. The first-order valence-electron chi connectivity index (χ1n) is 5.59. The maximum atomic E-state index is 12.4. The average Bonchev–Trinajstić information content (AvgIpc) is 2.84. The molecule has 1 aliphatic rings. The number of ketones is 1. The topological polar surface area (TPSA) is 55.4 Å². The first-order valence-corrected chi connectivity index (χ1v) is 7.64. The molecule has 1 aromatic heterocycles. The summed E-state index contributed by atoms with van der Waals surface area (Å²) in [5.41, 5.74) is 1.39. The van der Waals surface area contributed by atoms with E-state index in [9.17, 15) is 9.59 Å². The number of carbonyl (C=O) groups is 2. The summed E-state index contributed by atoms with van der Waals surface area (Å²) in [5, 5.41) is 4.68. The molecule has 102 valence electrons. The fraction of sp³-hybridized carbons (Fsp3) is 0.0769. The molecule has 3 rings (SSSR count). The fourth-order valence-electron chi connectivity index (χ4n) is 1.86. The lowest BCUT2D eigenvalue weighted by Crippen LogP contribution is -2.25. The molecule has 1 aromatic carbocycles. The Hall–Kier alpha value is -1.37. The number of ether oxygens (including phenoxy) is 1. The molecule has 0 bridgehead atoms.